The summed E-state index contributed by atoms with van der Waals surface area (Å²) in [6, 6.07) is 0. The maximum Gasteiger partial charge on any atom is 1.00 e. The molecule has 6 heteroatoms. The summed E-state index contributed by atoms with van der Waals surface area (Å²) in [4.78, 5) is 0. The van der Waals surface area contributed by atoms with Crippen molar-refractivity contribution < 1.29 is 69.5 Å². The minimum Gasteiger partial charge on any atom is -0.748 e. The van der Waals surface area contributed by atoms with Crippen LogP contribution in [0.1, 0.15) is 104 Å². The van der Waals surface area contributed by atoms with Gasteiger partial charge in [-0.3, -0.25) is 0 Å². The van der Waals surface area contributed by atoms with Crippen LogP contribution in [0.5, 0.6) is 0 Å². The summed E-state index contributed by atoms with van der Waals surface area (Å²) in [6.07, 6.45) is 13.2. The molecule has 0 aromatic heterocycles. The Morgan fingerprint density at radius 2 is 1.17 bits per heavy atom. The van der Waals surface area contributed by atoms with Gasteiger partial charge in [0.05, 0.1) is 16.2 Å². The molecule has 2 atom stereocenters. The van der Waals surface area contributed by atoms with Crippen molar-refractivity contribution in [3.8, 4) is 0 Å². The topological polar surface area (TPSA) is 77.4 Å². The summed E-state index contributed by atoms with van der Waals surface area (Å²) in [5, 5.41) is 8.47. The Morgan fingerprint density at radius 1 is 0.792 bits per heavy atom. The number of aliphatic hydroxyl groups is 1. The van der Waals surface area contributed by atoms with Crippen LogP contribution < -0.4 is 51.4 Å². The molecule has 0 saturated carbocycles. The first-order valence-electron chi connectivity index (χ1n) is 9.50. The van der Waals surface area contributed by atoms with Crippen LogP contribution in [0.3, 0.4) is 0 Å². The van der Waals surface area contributed by atoms with Gasteiger partial charge < -0.3 is 9.66 Å². The third-order valence-electron chi connectivity index (χ3n) is 4.44. The number of hydrogen-bond acceptors (Lipinski definition) is 4. The zero-order chi connectivity index (χ0) is 17.6. The zero-order valence-electron chi connectivity index (χ0n) is 16.1. The molecule has 1 N–H and O–H groups in total. The molecule has 0 rings (SSSR count). The van der Waals surface area contributed by atoms with Crippen LogP contribution in [0, 0.1) is 0 Å². The van der Waals surface area contributed by atoms with Gasteiger partial charge in [-0.05, 0) is 26.2 Å². The molecule has 0 aliphatic carbocycles. The third kappa shape index (κ3) is 18.3. The summed E-state index contributed by atoms with van der Waals surface area (Å²) >= 11 is 0. The van der Waals surface area contributed by atoms with E-state index in [1.807, 2.05) is 0 Å². The predicted octanol–water partition coefficient (Wildman–Crippen LogP) is 1.77. The van der Waals surface area contributed by atoms with Crippen molar-refractivity contribution >= 4 is 10.1 Å². The van der Waals surface area contributed by atoms with Crippen LogP contribution >= 0.6 is 0 Å². The third-order valence-corrected chi connectivity index (χ3v) is 5.72. The monoisotopic (exact) mass is 388 g/mol. The number of rotatable bonds is 16. The van der Waals surface area contributed by atoms with Crippen molar-refractivity contribution in [1.29, 1.82) is 0 Å². The van der Waals surface area contributed by atoms with Gasteiger partial charge in [-0.2, -0.15) is 0 Å². The summed E-state index contributed by atoms with van der Waals surface area (Å²) in [5.41, 5.74) is 0. The molecule has 0 fully saturated rings. The molecule has 0 aromatic carbocycles. The van der Waals surface area contributed by atoms with Crippen LogP contribution in [0.2, 0.25) is 0 Å². The summed E-state index contributed by atoms with van der Waals surface area (Å²) in [7, 11) is -4.16. The predicted molar refractivity (Wildman–Crippen MR) is 95.5 cm³/mol. The van der Waals surface area contributed by atoms with Crippen LogP contribution in [0.15, 0.2) is 0 Å². The Bertz CT molecular complexity index is 358. The molecule has 0 aromatic rings. The second-order valence-corrected chi connectivity index (χ2v) is 8.52. The van der Waals surface area contributed by atoms with Crippen LogP contribution in [0.4, 0.5) is 0 Å². The van der Waals surface area contributed by atoms with Crippen molar-refractivity contribution in [1.82, 2.24) is 0 Å². The first-order chi connectivity index (χ1) is 10.9. The van der Waals surface area contributed by atoms with Gasteiger partial charge in [0.25, 0.3) is 0 Å². The van der Waals surface area contributed by atoms with E-state index in [2.05, 4.69) is 6.92 Å². The van der Waals surface area contributed by atoms with E-state index in [1.165, 1.54) is 25.7 Å². The van der Waals surface area contributed by atoms with E-state index in [0.29, 0.717) is 12.8 Å². The molecule has 0 aliphatic heterocycles. The van der Waals surface area contributed by atoms with Gasteiger partial charge in [0, 0.05) is 5.25 Å². The maximum atomic E-state index is 11.4. The second-order valence-electron chi connectivity index (χ2n) is 6.87. The van der Waals surface area contributed by atoms with E-state index in [1.54, 1.807) is 6.92 Å². The van der Waals surface area contributed by atoms with Gasteiger partial charge in [-0.15, -0.1) is 0 Å². The van der Waals surface area contributed by atoms with E-state index in [-0.39, 0.29) is 57.5 Å². The molecule has 0 heterocycles. The van der Waals surface area contributed by atoms with Crippen molar-refractivity contribution in [3.63, 3.8) is 0 Å². The molecular formula is C18H37KO4S. The largest absolute Gasteiger partial charge is 1.00 e. The average Bonchev–Trinajstić information content (AvgIpc) is 2.46. The summed E-state index contributed by atoms with van der Waals surface area (Å²) in [5.74, 6) is 0. The Kier molecular flexibility index (Phi) is 20.7. The molecule has 0 spiro atoms. The molecule has 24 heavy (non-hydrogen) atoms. The van der Waals surface area contributed by atoms with Gasteiger partial charge >= 0.3 is 51.4 Å². The van der Waals surface area contributed by atoms with E-state index in [0.717, 1.165) is 51.4 Å². The number of aliphatic hydroxyl groups excluding tert-OH is 1. The second kappa shape index (κ2) is 17.9. The minimum absolute atomic E-state index is 0. The van der Waals surface area contributed by atoms with E-state index in [4.69, 9.17) is 0 Å². The van der Waals surface area contributed by atoms with Gasteiger partial charge in [0.1, 0.15) is 0 Å². The molecular weight excluding hydrogens is 351 g/mol. The smallest absolute Gasteiger partial charge is 0.748 e. The Balaban J connectivity index is 0. The fourth-order valence-electron chi connectivity index (χ4n) is 2.93. The Hall–Kier alpha value is 1.51. The normalized spacial score (nSPS) is 14.2. The summed E-state index contributed by atoms with van der Waals surface area (Å²) < 4.78 is 34.1. The maximum absolute atomic E-state index is 11.4. The molecule has 4 nitrogen and oxygen atoms in total. The molecule has 0 bridgehead atoms. The van der Waals surface area contributed by atoms with E-state index < -0.39 is 15.4 Å². The number of hydrogen-bond donors (Lipinski definition) is 1. The first-order valence-corrected chi connectivity index (χ1v) is 11.0. The fourth-order valence-corrected chi connectivity index (χ4v) is 3.84. The standard InChI is InChI=1S/C18H38O4S.K/c1-3-4-5-6-7-8-12-15-18(23(20,21)22)16-13-10-9-11-14-17(2)19;/h17-19H,3-16H2,1-2H3,(H,20,21,22);/q;+1/p-1. The minimum atomic E-state index is -4.16. The first kappa shape index (κ1) is 27.7. The Morgan fingerprint density at radius 3 is 1.54 bits per heavy atom. The van der Waals surface area contributed by atoms with Crippen LogP contribution in [0.25, 0.3) is 0 Å². The molecule has 0 saturated heterocycles. The van der Waals surface area contributed by atoms with Crippen molar-refractivity contribution in [2.75, 3.05) is 0 Å². The van der Waals surface area contributed by atoms with Crippen molar-refractivity contribution in [2.45, 2.75) is 115 Å². The van der Waals surface area contributed by atoms with Crippen molar-refractivity contribution in [2.24, 2.45) is 0 Å². The zero-order valence-corrected chi connectivity index (χ0v) is 20.1. The van der Waals surface area contributed by atoms with Crippen LogP contribution in [-0.2, 0) is 10.1 Å². The van der Waals surface area contributed by atoms with Gasteiger partial charge in [-0.25, -0.2) is 8.42 Å². The Labute approximate surface area is 192 Å². The summed E-state index contributed by atoms with van der Waals surface area (Å²) in [6.45, 7) is 3.97. The SMILES string of the molecule is CCCCCCCCCC(CCCCCCC(C)O)S(=O)(=O)[O-].[K+]. The molecule has 0 amide bonds. The molecule has 0 aliphatic rings. The quantitative estimate of drug-likeness (QED) is 0.248. The van der Waals surface area contributed by atoms with E-state index in [9.17, 15) is 18.1 Å². The molecule has 140 valence electrons. The van der Waals surface area contributed by atoms with Gasteiger partial charge in [0.2, 0.25) is 0 Å². The molecule has 2 unspecified atom stereocenters. The van der Waals surface area contributed by atoms with Gasteiger partial charge in [-0.1, -0.05) is 77.6 Å². The average molecular weight is 389 g/mol. The van der Waals surface area contributed by atoms with Crippen LogP contribution in [-0.4, -0.2) is 29.4 Å². The fraction of sp³-hybridized carbons (Fsp3) is 1.00. The van der Waals surface area contributed by atoms with E-state index >= 15 is 0 Å². The van der Waals surface area contributed by atoms with Crippen molar-refractivity contribution in [3.05, 3.63) is 0 Å². The number of unbranched alkanes of at least 4 members (excludes halogenated alkanes) is 9. The van der Waals surface area contributed by atoms with Gasteiger partial charge in [0.15, 0.2) is 0 Å². The molecule has 0 radical (unpaired) electrons.